The lowest BCUT2D eigenvalue weighted by atomic mass is 10.0. The quantitative estimate of drug-likeness (QED) is 0.580. The smallest absolute Gasteiger partial charge is 0.0720 e. The molecule has 1 aromatic carbocycles. The molecule has 2 rings (SSSR count). The van der Waals surface area contributed by atoms with E-state index < -0.39 is 0 Å². The second kappa shape index (κ2) is 3.22. The number of halogens is 1. The van der Waals surface area contributed by atoms with Crippen molar-refractivity contribution < 1.29 is 4.74 Å². The Morgan fingerprint density at radius 3 is 3.00 bits per heavy atom. The van der Waals surface area contributed by atoms with E-state index in [1.165, 1.54) is 11.1 Å². The summed E-state index contributed by atoms with van der Waals surface area (Å²) in [5.74, 6) is 0. The normalized spacial score (nSPS) is 15.8. The van der Waals surface area contributed by atoms with Crippen LogP contribution in [0.1, 0.15) is 11.1 Å². The number of nitrogen functional groups attached to an aromatic ring is 1. The summed E-state index contributed by atoms with van der Waals surface area (Å²) in [5.41, 5.74) is 9.28. The van der Waals surface area contributed by atoms with Crippen molar-refractivity contribution in [2.45, 2.75) is 13.0 Å². The van der Waals surface area contributed by atoms with Crippen LogP contribution in [0.3, 0.4) is 0 Å². The molecule has 1 heterocycles. The second-order valence-corrected chi connectivity index (χ2v) is 4.11. The van der Waals surface area contributed by atoms with Crippen LogP contribution in [-0.4, -0.2) is 6.61 Å². The predicted octanol–water partition coefficient (Wildman–Crippen LogP) is 1.95. The highest BCUT2D eigenvalue weighted by Crippen LogP contribution is 2.24. The zero-order valence-electron chi connectivity index (χ0n) is 6.64. The molecule has 3 heteroatoms. The standard InChI is InChI=1S/C9H10INO/c10-8-3-6-1-2-12-5-7(6)4-9(8)11/h3-4H,1-2,5,11H2. The molecule has 0 aromatic heterocycles. The van der Waals surface area contributed by atoms with E-state index >= 15 is 0 Å². The Labute approximate surface area is 85.2 Å². The maximum Gasteiger partial charge on any atom is 0.0720 e. The Balaban J connectivity index is 2.49. The van der Waals surface area contributed by atoms with Gasteiger partial charge < -0.3 is 10.5 Å². The van der Waals surface area contributed by atoms with Crippen molar-refractivity contribution in [1.82, 2.24) is 0 Å². The van der Waals surface area contributed by atoms with Gasteiger partial charge in [0, 0.05) is 9.26 Å². The Hall–Kier alpha value is -0.290. The lowest BCUT2D eigenvalue weighted by molar-refractivity contribution is 0.111. The fourth-order valence-electron chi connectivity index (χ4n) is 1.41. The summed E-state index contributed by atoms with van der Waals surface area (Å²) in [6, 6.07) is 4.18. The third-order valence-corrected chi connectivity index (χ3v) is 3.03. The highest BCUT2D eigenvalue weighted by atomic mass is 127. The van der Waals surface area contributed by atoms with Crippen LogP contribution in [0.15, 0.2) is 12.1 Å². The van der Waals surface area contributed by atoms with Gasteiger partial charge >= 0.3 is 0 Å². The molecular formula is C9H10INO. The molecule has 0 aliphatic carbocycles. The summed E-state index contributed by atoms with van der Waals surface area (Å²) in [4.78, 5) is 0. The zero-order chi connectivity index (χ0) is 8.55. The van der Waals surface area contributed by atoms with E-state index in [-0.39, 0.29) is 0 Å². The van der Waals surface area contributed by atoms with Gasteiger partial charge in [-0.3, -0.25) is 0 Å². The number of rotatable bonds is 0. The van der Waals surface area contributed by atoms with Crippen LogP contribution < -0.4 is 5.73 Å². The maximum absolute atomic E-state index is 5.78. The molecule has 0 radical (unpaired) electrons. The molecule has 0 bridgehead atoms. The van der Waals surface area contributed by atoms with Gasteiger partial charge in [-0.1, -0.05) is 0 Å². The van der Waals surface area contributed by atoms with E-state index in [0.29, 0.717) is 0 Å². The van der Waals surface area contributed by atoms with Gasteiger partial charge in [0.15, 0.2) is 0 Å². The van der Waals surface area contributed by atoms with Crippen LogP contribution in [0.4, 0.5) is 5.69 Å². The van der Waals surface area contributed by atoms with Crippen LogP contribution in [0.5, 0.6) is 0 Å². The van der Waals surface area contributed by atoms with E-state index in [2.05, 4.69) is 28.7 Å². The summed E-state index contributed by atoms with van der Waals surface area (Å²) in [6.07, 6.45) is 1.02. The molecule has 2 N–H and O–H groups in total. The number of fused-ring (bicyclic) bond motifs is 1. The Bertz CT molecular complexity index is 281. The van der Waals surface area contributed by atoms with Crippen LogP contribution in [-0.2, 0) is 17.8 Å². The minimum Gasteiger partial charge on any atom is -0.398 e. The molecule has 2 nitrogen and oxygen atoms in total. The van der Waals surface area contributed by atoms with Crippen molar-refractivity contribution in [3.05, 3.63) is 26.8 Å². The summed E-state index contributed by atoms with van der Waals surface area (Å²) < 4.78 is 6.48. The van der Waals surface area contributed by atoms with Gasteiger partial charge in [-0.25, -0.2) is 0 Å². The highest BCUT2D eigenvalue weighted by molar-refractivity contribution is 14.1. The van der Waals surface area contributed by atoms with Gasteiger partial charge in [0.2, 0.25) is 0 Å². The Morgan fingerprint density at radius 2 is 2.17 bits per heavy atom. The number of benzene rings is 1. The fourth-order valence-corrected chi connectivity index (χ4v) is 1.94. The molecule has 0 atom stereocenters. The molecule has 0 unspecified atom stereocenters. The molecule has 1 aromatic rings. The van der Waals surface area contributed by atoms with E-state index in [1.54, 1.807) is 0 Å². The average Bonchev–Trinajstić information content (AvgIpc) is 2.07. The second-order valence-electron chi connectivity index (χ2n) is 2.95. The molecule has 0 saturated carbocycles. The van der Waals surface area contributed by atoms with Crippen molar-refractivity contribution in [3.8, 4) is 0 Å². The number of anilines is 1. The summed E-state index contributed by atoms with van der Waals surface area (Å²) >= 11 is 2.26. The van der Waals surface area contributed by atoms with Crippen LogP contribution in [0.2, 0.25) is 0 Å². The predicted molar refractivity (Wildman–Crippen MR) is 56.9 cm³/mol. The van der Waals surface area contributed by atoms with Crippen LogP contribution in [0, 0.1) is 3.57 Å². The number of ether oxygens (including phenoxy) is 1. The topological polar surface area (TPSA) is 35.2 Å². The van der Waals surface area contributed by atoms with Crippen molar-refractivity contribution >= 4 is 28.3 Å². The monoisotopic (exact) mass is 275 g/mol. The van der Waals surface area contributed by atoms with Crippen molar-refractivity contribution in [1.29, 1.82) is 0 Å². The first-order valence-electron chi connectivity index (χ1n) is 3.92. The SMILES string of the molecule is Nc1cc2c(cc1I)CCOC2. The van der Waals surface area contributed by atoms with Crippen LogP contribution >= 0.6 is 22.6 Å². The molecule has 1 aliphatic rings. The van der Waals surface area contributed by atoms with Crippen molar-refractivity contribution in [2.75, 3.05) is 12.3 Å². The van der Waals surface area contributed by atoms with Gasteiger partial charge in [0.05, 0.1) is 13.2 Å². The van der Waals surface area contributed by atoms with Crippen molar-refractivity contribution in [3.63, 3.8) is 0 Å². The van der Waals surface area contributed by atoms with Gasteiger partial charge in [-0.15, -0.1) is 0 Å². The largest absolute Gasteiger partial charge is 0.398 e. The van der Waals surface area contributed by atoms with E-state index in [1.807, 2.05) is 6.07 Å². The average molecular weight is 275 g/mol. The summed E-state index contributed by atoms with van der Waals surface area (Å²) in [5, 5.41) is 0. The molecule has 0 spiro atoms. The first kappa shape index (κ1) is 8.31. The Morgan fingerprint density at radius 1 is 1.33 bits per heavy atom. The first-order chi connectivity index (χ1) is 5.77. The van der Waals surface area contributed by atoms with Gasteiger partial charge in [0.1, 0.15) is 0 Å². The maximum atomic E-state index is 5.78. The van der Waals surface area contributed by atoms with Crippen LogP contribution in [0.25, 0.3) is 0 Å². The molecule has 0 saturated heterocycles. The minimum atomic E-state index is 0.719. The highest BCUT2D eigenvalue weighted by Gasteiger charge is 2.10. The summed E-state index contributed by atoms with van der Waals surface area (Å²) in [6.45, 7) is 1.56. The number of hydrogen-bond donors (Lipinski definition) is 1. The summed E-state index contributed by atoms with van der Waals surface area (Å²) in [7, 11) is 0. The number of nitrogens with two attached hydrogens (primary N) is 1. The third kappa shape index (κ3) is 1.43. The Kier molecular flexibility index (Phi) is 2.23. The van der Waals surface area contributed by atoms with E-state index in [4.69, 9.17) is 10.5 Å². The molecule has 1 aliphatic heterocycles. The lowest BCUT2D eigenvalue weighted by Gasteiger charge is -2.17. The molecule has 0 amide bonds. The minimum absolute atomic E-state index is 0.719. The fraction of sp³-hybridized carbons (Fsp3) is 0.333. The van der Waals surface area contributed by atoms with E-state index in [0.717, 1.165) is 28.9 Å². The first-order valence-corrected chi connectivity index (χ1v) is 5.00. The van der Waals surface area contributed by atoms with Crippen molar-refractivity contribution in [2.24, 2.45) is 0 Å². The third-order valence-electron chi connectivity index (χ3n) is 2.09. The molecular weight excluding hydrogens is 265 g/mol. The number of hydrogen-bond acceptors (Lipinski definition) is 2. The van der Waals surface area contributed by atoms with Gasteiger partial charge in [-0.05, 0) is 52.3 Å². The van der Waals surface area contributed by atoms with Gasteiger partial charge in [0.25, 0.3) is 0 Å². The molecule has 12 heavy (non-hydrogen) atoms. The molecule has 64 valence electrons. The van der Waals surface area contributed by atoms with Gasteiger partial charge in [-0.2, -0.15) is 0 Å². The lowest BCUT2D eigenvalue weighted by Crippen LogP contribution is -2.10. The van der Waals surface area contributed by atoms with E-state index in [9.17, 15) is 0 Å². The zero-order valence-corrected chi connectivity index (χ0v) is 8.80. The molecule has 0 fully saturated rings.